The number of amides is 1. The van der Waals surface area contributed by atoms with Crippen LogP contribution in [-0.4, -0.2) is 16.1 Å². The van der Waals surface area contributed by atoms with Crippen LogP contribution >= 0.6 is 11.3 Å². The molecule has 4 aromatic rings. The standard InChI is InChI=1S/C23H19N3O2S/c1-16-10-12-18(13-11-16)22-25-26-23(29-22)24-21(27)19-8-5-9-20(14-19)28-15-17-6-3-2-4-7-17/h2-14H,15H2,1H3,(H,24,26,27). The van der Waals surface area contributed by atoms with E-state index in [4.69, 9.17) is 4.74 Å². The maximum absolute atomic E-state index is 12.6. The van der Waals surface area contributed by atoms with E-state index in [0.29, 0.717) is 23.1 Å². The summed E-state index contributed by atoms with van der Waals surface area (Å²) in [4.78, 5) is 12.6. The number of hydrogen-bond acceptors (Lipinski definition) is 5. The van der Waals surface area contributed by atoms with Crippen molar-refractivity contribution in [2.24, 2.45) is 0 Å². The van der Waals surface area contributed by atoms with Crippen LogP contribution < -0.4 is 10.1 Å². The summed E-state index contributed by atoms with van der Waals surface area (Å²) in [5.41, 5.74) is 3.73. The van der Waals surface area contributed by atoms with E-state index in [0.717, 1.165) is 16.1 Å². The second kappa shape index (κ2) is 8.67. The van der Waals surface area contributed by atoms with Gasteiger partial charge in [0.2, 0.25) is 5.13 Å². The first-order valence-electron chi connectivity index (χ1n) is 9.16. The largest absolute Gasteiger partial charge is 0.489 e. The zero-order valence-electron chi connectivity index (χ0n) is 15.8. The average molecular weight is 401 g/mol. The van der Waals surface area contributed by atoms with Crippen molar-refractivity contribution in [3.05, 3.63) is 95.6 Å². The zero-order chi connectivity index (χ0) is 20.1. The van der Waals surface area contributed by atoms with Crippen molar-refractivity contribution in [3.63, 3.8) is 0 Å². The second-order valence-corrected chi connectivity index (χ2v) is 7.51. The molecule has 1 N–H and O–H groups in total. The third-order valence-corrected chi connectivity index (χ3v) is 5.18. The minimum absolute atomic E-state index is 0.248. The average Bonchev–Trinajstić information content (AvgIpc) is 3.22. The van der Waals surface area contributed by atoms with Crippen molar-refractivity contribution in [1.82, 2.24) is 10.2 Å². The normalized spacial score (nSPS) is 10.5. The van der Waals surface area contributed by atoms with Crippen LogP contribution in [0.25, 0.3) is 10.6 Å². The van der Waals surface area contributed by atoms with E-state index < -0.39 is 0 Å². The van der Waals surface area contributed by atoms with Crippen molar-refractivity contribution >= 4 is 22.4 Å². The highest BCUT2D eigenvalue weighted by Crippen LogP contribution is 2.27. The molecule has 1 aromatic heterocycles. The molecule has 1 amide bonds. The summed E-state index contributed by atoms with van der Waals surface area (Å²) in [7, 11) is 0. The Bertz CT molecular complexity index is 1110. The van der Waals surface area contributed by atoms with Crippen LogP contribution in [-0.2, 0) is 6.61 Å². The number of rotatable bonds is 6. The molecule has 0 aliphatic heterocycles. The van der Waals surface area contributed by atoms with Crippen molar-refractivity contribution in [1.29, 1.82) is 0 Å². The molecular weight excluding hydrogens is 382 g/mol. The van der Waals surface area contributed by atoms with Crippen molar-refractivity contribution in [3.8, 4) is 16.3 Å². The number of carbonyl (C=O) groups excluding carboxylic acids is 1. The second-order valence-electron chi connectivity index (χ2n) is 6.53. The van der Waals surface area contributed by atoms with E-state index in [1.807, 2.05) is 67.6 Å². The first-order valence-corrected chi connectivity index (χ1v) is 9.98. The van der Waals surface area contributed by atoms with Crippen LogP contribution in [0, 0.1) is 6.92 Å². The van der Waals surface area contributed by atoms with Gasteiger partial charge in [0.05, 0.1) is 0 Å². The van der Waals surface area contributed by atoms with Crippen LogP contribution in [0.3, 0.4) is 0 Å². The van der Waals surface area contributed by atoms with E-state index in [-0.39, 0.29) is 5.91 Å². The summed E-state index contributed by atoms with van der Waals surface area (Å²) in [6, 6.07) is 25.0. The minimum atomic E-state index is -0.248. The van der Waals surface area contributed by atoms with Crippen molar-refractivity contribution in [2.75, 3.05) is 5.32 Å². The van der Waals surface area contributed by atoms with Gasteiger partial charge in [-0.05, 0) is 30.7 Å². The van der Waals surface area contributed by atoms with E-state index in [9.17, 15) is 4.79 Å². The lowest BCUT2D eigenvalue weighted by molar-refractivity contribution is 0.102. The molecule has 0 saturated heterocycles. The fourth-order valence-electron chi connectivity index (χ4n) is 2.72. The van der Waals surface area contributed by atoms with Crippen LogP contribution in [0.1, 0.15) is 21.5 Å². The van der Waals surface area contributed by atoms with E-state index in [1.165, 1.54) is 16.9 Å². The minimum Gasteiger partial charge on any atom is -0.489 e. The summed E-state index contributed by atoms with van der Waals surface area (Å²) < 4.78 is 5.80. The fraction of sp³-hybridized carbons (Fsp3) is 0.0870. The Labute approximate surface area is 173 Å². The molecular formula is C23H19N3O2S. The molecule has 4 rings (SSSR count). The molecule has 0 unspecified atom stereocenters. The monoisotopic (exact) mass is 401 g/mol. The van der Waals surface area contributed by atoms with Crippen LogP contribution in [0.4, 0.5) is 5.13 Å². The lowest BCUT2D eigenvalue weighted by Gasteiger charge is -2.08. The maximum Gasteiger partial charge on any atom is 0.257 e. The smallest absolute Gasteiger partial charge is 0.257 e. The van der Waals surface area contributed by atoms with Gasteiger partial charge in [-0.3, -0.25) is 10.1 Å². The van der Waals surface area contributed by atoms with Gasteiger partial charge in [0, 0.05) is 11.1 Å². The van der Waals surface area contributed by atoms with Gasteiger partial charge in [-0.2, -0.15) is 0 Å². The molecule has 5 nitrogen and oxygen atoms in total. The first kappa shape index (κ1) is 18.8. The Morgan fingerprint density at radius 3 is 2.55 bits per heavy atom. The Hall–Kier alpha value is -3.51. The number of aryl methyl sites for hydroxylation is 1. The number of nitrogens with one attached hydrogen (secondary N) is 1. The van der Waals surface area contributed by atoms with Crippen LogP contribution in [0.2, 0.25) is 0 Å². The molecule has 0 spiro atoms. The third-order valence-electron chi connectivity index (χ3n) is 4.29. The maximum atomic E-state index is 12.6. The Morgan fingerprint density at radius 1 is 0.966 bits per heavy atom. The number of hydrogen-bond donors (Lipinski definition) is 1. The van der Waals surface area contributed by atoms with Gasteiger partial charge in [-0.25, -0.2) is 0 Å². The lowest BCUT2D eigenvalue weighted by Crippen LogP contribution is -2.11. The highest BCUT2D eigenvalue weighted by atomic mass is 32.1. The lowest BCUT2D eigenvalue weighted by atomic mass is 10.2. The van der Waals surface area contributed by atoms with Gasteiger partial charge in [-0.1, -0.05) is 77.6 Å². The van der Waals surface area contributed by atoms with Crippen LogP contribution in [0.15, 0.2) is 78.9 Å². The predicted molar refractivity (Wildman–Crippen MR) is 115 cm³/mol. The third kappa shape index (κ3) is 4.86. The molecule has 3 aromatic carbocycles. The number of ether oxygens (including phenoxy) is 1. The molecule has 0 saturated carbocycles. The highest BCUT2D eigenvalue weighted by Gasteiger charge is 2.12. The van der Waals surface area contributed by atoms with E-state index >= 15 is 0 Å². The fourth-order valence-corrected chi connectivity index (χ4v) is 3.47. The SMILES string of the molecule is Cc1ccc(-c2nnc(NC(=O)c3cccc(OCc4ccccc4)c3)s2)cc1. The molecule has 29 heavy (non-hydrogen) atoms. The number of benzene rings is 3. The van der Waals surface area contributed by atoms with E-state index in [2.05, 4.69) is 15.5 Å². The quantitative estimate of drug-likeness (QED) is 0.473. The highest BCUT2D eigenvalue weighted by molar-refractivity contribution is 7.18. The summed E-state index contributed by atoms with van der Waals surface area (Å²) in [5.74, 6) is 0.390. The number of aromatic nitrogens is 2. The molecule has 0 bridgehead atoms. The summed E-state index contributed by atoms with van der Waals surface area (Å²) in [5, 5.41) is 12.3. The van der Waals surface area contributed by atoms with Gasteiger partial charge >= 0.3 is 0 Å². The first-order chi connectivity index (χ1) is 14.2. The van der Waals surface area contributed by atoms with Gasteiger partial charge in [-0.15, -0.1) is 10.2 Å². The topological polar surface area (TPSA) is 64.1 Å². The molecule has 1 heterocycles. The Kier molecular flexibility index (Phi) is 5.63. The van der Waals surface area contributed by atoms with Gasteiger partial charge < -0.3 is 4.74 Å². The summed E-state index contributed by atoms with van der Waals surface area (Å²) in [6.45, 7) is 2.48. The number of nitrogens with zero attached hydrogens (tertiary/aromatic N) is 2. The van der Waals surface area contributed by atoms with Gasteiger partial charge in [0.25, 0.3) is 5.91 Å². The molecule has 0 aliphatic rings. The summed E-state index contributed by atoms with van der Waals surface area (Å²) in [6.07, 6.45) is 0. The molecule has 0 radical (unpaired) electrons. The van der Waals surface area contributed by atoms with Crippen molar-refractivity contribution < 1.29 is 9.53 Å². The molecule has 144 valence electrons. The predicted octanol–water partition coefficient (Wildman–Crippen LogP) is 5.34. The molecule has 6 heteroatoms. The Balaban J connectivity index is 1.41. The zero-order valence-corrected chi connectivity index (χ0v) is 16.6. The number of anilines is 1. The molecule has 0 fully saturated rings. The van der Waals surface area contributed by atoms with Crippen LogP contribution in [0.5, 0.6) is 5.75 Å². The Morgan fingerprint density at radius 2 is 1.76 bits per heavy atom. The van der Waals surface area contributed by atoms with Crippen molar-refractivity contribution in [2.45, 2.75) is 13.5 Å². The summed E-state index contributed by atoms with van der Waals surface area (Å²) >= 11 is 1.34. The van der Waals surface area contributed by atoms with Gasteiger partial charge in [0.15, 0.2) is 0 Å². The van der Waals surface area contributed by atoms with Gasteiger partial charge in [0.1, 0.15) is 17.4 Å². The molecule has 0 aliphatic carbocycles. The number of carbonyl (C=O) groups is 1. The van der Waals surface area contributed by atoms with E-state index in [1.54, 1.807) is 18.2 Å². The molecule has 0 atom stereocenters.